The number of aliphatic hydroxyl groups is 1. The summed E-state index contributed by atoms with van der Waals surface area (Å²) < 4.78 is 5.59. The smallest absolute Gasteiger partial charge is 0.260 e. The minimum absolute atomic E-state index is 0.161. The molecule has 8 heteroatoms. The van der Waals surface area contributed by atoms with E-state index in [1.807, 2.05) is 29.6 Å². The van der Waals surface area contributed by atoms with Gasteiger partial charge in [0.2, 0.25) is 0 Å². The molecule has 2 N–H and O–H groups in total. The third-order valence-electron chi connectivity index (χ3n) is 4.86. The van der Waals surface area contributed by atoms with E-state index in [1.165, 1.54) is 11.3 Å². The molecule has 0 aliphatic heterocycles. The summed E-state index contributed by atoms with van der Waals surface area (Å²) in [6, 6.07) is 7.47. The lowest BCUT2D eigenvalue weighted by atomic mass is 10.1. The van der Waals surface area contributed by atoms with Crippen molar-refractivity contribution in [3.8, 4) is 11.1 Å². The predicted octanol–water partition coefficient (Wildman–Crippen LogP) is 4.80. The van der Waals surface area contributed by atoms with E-state index in [9.17, 15) is 9.90 Å². The Morgan fingerprint density at radius 3 is 2.66 bits per heavy atom. The molecule has 0 saturated heterocycles. The molecule has 1 atom stereocenters. The van der Waals surface area contributed by atoms with Crippen molar-refractivity contribution in [2.45, 2.75) is 40.3 Å². The number of thiophene rings is 1. The third-order valence-corrected chi connectivity index (χ3v) is 5.96. The van der Waals surface area contributed by atoms with Gasteiger partial charge in [0.15, 0.2) is 0 Å². The number of rotatable bonds is 11. The molecule has 174 valence electrons. The average molecular weight is 478 g/mol. The Bertz CT molecular complexity index is 1080. The molecule has 1 aromatic carbocycles. The number of ether oxygens (including phenoxy) is 1. The SMILES string of the molecule is CC(C)COC[C@@H](O)CN(Cc1nc2scc(-c3cccc(Cl)c3)c2c(=O)[nH]1)CC(C)C. The van der Waals surface area contributed by atoms with Crippen LogP contribution in [0, 0.1) is 11.8 Å². The highest BCUT2D eigenvalue weighted by molar-refractivity contribution is 7.17. The number of H-pyrrole nitrogens is 1. The van der Waals surface area contributed by atoms with Gasteiger partial charge in [-0.05, 0) is 29.5 Å². The molecule has 32 heavy (non-hydrogen) atoms. The van der Waals surface area contributed by atoms with Crippen LogP contribution in [-0.4, -0.2) is 52.4 Å². The Kier molecular flexibility index (Phi) is 8.85. The molecule has 0 bridgehead atoms. The molecule has 0 fully saturated rings. The lowest BCUT2D eigenvalue weighted by Crippen LogP contribution is -2.37. The maximum absolute atomic E-state index is 13.0. The molecule has 0 aliphatic carbocycles. The van der Waals surface area contributed by atoms with Crippen LogP contribution >= 0.6 is 22.9 Å². The molecule has 3 aromatic rings. The van der Waals surface area contributed by atoms with Crippen molar-refractivity contribution in [2.24, 2.45) is 11.8 Å². The maximum atomic E-state index is 13.0. The van der Waals surface area contributed by atoms with Crippen LogP contribution in [0.3, 0.4) is 0 Å². The van der Waals surface area contributed by atoms with Gasteiger partial charge in [-0.2, -0.15) is 0 Å². The van der Waals surface area contributed by atoms with Gasteiger partial charge in [0, 0.05) is 35.7 Å². The highest BCUT2D eigenvalue weighted by Gasteiger charge is 2.18. The fourth-order valence-electron chi connectivity index (χ4n) is 3.66. The number of aromatic nitrogens is 2. The quantitative estimate of drug-likeness (QED) is 0.415. The first kappa shape index (κ1) is 24.9. The molecule has 0 amide bonds. The number of hydrogen-bond acceptors (Lipinski definition) is 6. The average Bonchev–Trinajstić information content (AvgIpc) is 3.11. The van der Waals surface area contributed by atoms with Gasteiger partial charge < -0.3 is 14.8 Å². The summed E-state index contributed by atoms with van der Waals surface area (Å²) in [5.74, 6) is 1.43. The van der Waals surface area contributed by atoms with E-state index in [2.05, 4.69) is 37.6 Å². The molecule has 0 unspecified atom stereocenters. The molecule has 2 heterocycles. The minimum Gasteiger partial charge on any atom is -0.389 e. The van der Waals surface area contributed by atoms with Gasteiger partial charge in [0.25, 0.3) is 5.56 Å². The summed E-state index contributed by atoms with van der Waals surface area (Å²) in [6.45, 7) is 11.0. The number of nitrogens with zero attached hydrogens (tertiary/aromatic N) is 2. The van der Waals surface area contributed by atoms with E-state index in [-0.39, 0.29) is 5.56 Å². The van der Waals surface area contributed by atoms with Crippen molar-refractivity contribution in [1.82, 2.24) is 14.9 Å². The molecular formula is C24H32ClN3O3S. The van der Waals surface area contributed by atoms with E-state index >= 15 is 0 Å². The monoisotopic (exact) mass is 477 g/mol. The number of hydrogen-bond donors (Lipinski definition) is 2. The van der Waals surface area contributed by atoms with Crippen molar-refractivity contribution in [3.63, 3.8) is 0 Å². The Balaban J connectivity index is 1.78. The zero-order valence-corrected chi connectivity index (χ0v) is 20.7. The first-order valence-corrected chi connectivity index (χ1v) is 12.2. The lowest BCUT2D eigenvalue weighted by Gasteiger charge is -2.26. The Labute approximate surface area is 198 Å². The third kappa shape index (κ3) is 6.86. The van der Waals surface area contributed by atoms with Crippen LogP contribution in [0.1, 0.15) is 33.5 Å². The molecule has 6 nitrogen and oxygen atoms in total. The van der Waals surface area contributed by atoms with E-state index in [4.69, 9.17) is 21.3 Å². The summed E-state index contributed by atoms with van der Waals surface area (Å²) in [5, 5.41) is 13.6. The summed E-state index contributed by atoms with van der Waals surface area (Å²) in [6.07, 6.45) is -0.598. The van der Waals surface area contributed by atoms with Gasteiger partial charge in [-0.25, -0.2) is 4.98 Å². The molecule has 0 spiro atoms. The van der Waals surface area contributed by atoms with Gasteiger partial charge in [-0.15, -0.1) is 11.3 Å². The molecule has 0 aliphatic rings. The van der Waals surface area contributed by atoms with Crippen molar-refractivity contribution < 1.29 is 9.84 Å². The van der Waals surface area contributed by atoms with Gasteiger partial charge in [-0.3, -0.25) is 9.69 Å². The fraction of sp³-hybridized carbons (Fsp3) is 0.500. The zero-order chi connectivity index (χ0) is 23.3. The second-order valence-electron chi connectivity index (χ2n) is 9.03. The highest BCUT2D eigenvalue weighted by atomic mass is 35.5. The highest BCUT2D eigenvalue weighted by Crippen LogP contribution is 2.32. The first-order chi connectivity index (χ1) is 15.2. The van der Waals surface area contributed by atoms with Crippen LogP contribution in [0.25, 0.3) is 21.3 Å². The molecule has 0 saturated carbocycles. The minimum atomic E-state index is -0.598. The van der Waals surface area contributed by atoms with Crippen LogP contribution in [0.15, 0.2) is 34.4 Å². The number of halogens is 1. The topological polar surface area (TPSA) is 78.5 Å². The van der Waals surface area contributed by atoms with Gasteiger partial charge in [-0.1, -0.05) is 51.4 Å². The van der Waals surface area contributed by atoms with Crippen molar-refractivity contribution in [3.05, 3.63) is 50.8 Å². The van der Waals surface area contributed by atoms with Gasteiger partial charge >= 0.3 is 0 Å². The Hall–Kier alpha value is -1.77. The summed E-state index contributed by atoms with van der Waals surface area (Å²) in [7, 11) is 0. The van der Waals surface area contributed by atoms with Crippen molar-refractivity contribution in [1.29, 1.82) is 0 Å². The first-order valence-electron chi connectivity index (χ1n) is 11.0. The van der Waals surface area contributed by atoms with Crippen LogP contribution < -0.4 is 5.56 Å². The maximum Gasteiger partial charge on any atom is 0.260 e. The Morgan fingerprint density at radius 2 is 1.97 bits per heavy atom. The number of nitrogens with one attached hydrogen (secondary N) is 1. The summed E-state index contributed by atoms with van der Waals surface area (Å²) >= 11 is 7.58. The number of aliphatic hydroxyl groups excluding tert-OH is 1. The predicted molar refractivity (Wildman–Crippen MR) is 132 cm³/mol. The second-order valence-corrected chi connectivity index (χ2v) is 10.3. The molecular weight excluding hydrogens is 446 g/mol. The summed E-state index contributed by atoms with van der Waals surface area (Å²) in [5.41, 5.74) is 1.57. The van der Waals surface area contributed by atoms with Gasteiger partial charge in [0.05, 0.1) is 24.6 Å². The molecule has 0 radical (unpaired) electrons. The lowest BCUT2D eigenvalue weighted by molar-refractivity contribution is 0.00485. The number of aromatic amines is 1. The van der Waals surface area contributed by atoms with Gasteiger partial charge in [0.1, 0.15) is 10.7 Å². The van der Waals surface area contributed by atoms with Crippen LogP contribution in [-0.2, 0) is 11.3 Å². The molecule has 3 rings (SSSR count). The Morgan fingerprint density at radius 1 is 1.19 bits per heavy atom. The number of benzene rings is 1. The largest absolute Gasteiger partial charge is 0.389 e. The van der Waals surface area contributed by atoms with E-state index in [1.54, 1.807) is 0 Å². The molecule has 2 aromatic heterocycles. The second kappa shape index (κ2) is 11.4. The van der Waals surface area contributed by atoms with E-state index < -0.39 is 6.10 Å². The normalized spacial score (nSPS) is 13.0. The number of fused-ring (bicyclic) bond motifs is 1. The van der Waals surface area contributed by atoms with E-state index in [0.29, 0.717) is 59.2 Å². The summed E-state index contributed by atoms with van der Waals surface area (Å²) in [4.78, 5) is 23.4. The zero-order valence-electron chi connectivity index (χ0n) is 19.1. The fourth-order valence-corrected chi connectivity index (χ4v) is 4.82. The standard InChI is InChI=1S/C24H32ClN3O3S/c1-15(2)9-28(10-19(29)13-31-12-16(3)4)11-21-26-23(30)22-20(14-32-24(22)27-21)17-6-5-7-18(25)8-17/h5-8,14-16,19,29H,9-13H2,1-4H3,(H,26,27,30)/t19-/m0/s1. The van der Waals surface area contributed by atoms with Crippen LogP contribution in [0.5, 0.6) is 0 Å². The van der Waals surface area contributed by atoms with E-state index in [0.717, 1.165) is 17.7 Å². The van der Waals surface area contributed by atoms with Crippen LogP contribution in [0.2, 0.25) is 5.02 Å². The van der Waals surface area contributed by atoms with Crippen LogP contribution in [0.4, 0.5) is 0 Å². The van der Waals surface area contributed by atoms with Crippen molar-refractivity contribution >= 4 is 33.2 Å². The van der Waals surface area contributed by atoms with Crippen molar-refractivity contribution in [2.75, 3.05) is 26.3 Å².